The predicted octanol–water partition coefficient (Wildman–Crippen LogP) is 5.38. The van der Waals surface area contributed by atoms with Gasteiger partial charge in [-0.25, -0.2) is 8.42 Å². The Labute approximate surface area is 254 Å². The Morgan fingerprint density at radius 3 is 2.21 bits per heavy atom. The van der Waals surface area contributed by atoms with Gasteiger partial charge in [-0.05, 0) is 74.4 Å². The molecule has 0 aliphatic carbocycles. The van der Waals surface area contributed by atoms with Gasteiger partial charge in [-0.3, -0.25) is 13.9 Å². The summed E-state index contributed by atoms with van der Waals surface area (Å²) in [5.41, 5.74) is 1.27. The van der Waals surface area contributed by atoms with Gasteiger partial charge in [0.25, 0.3) is 10.0 Å². The number of para-hydroxylation sites is 2. The van der Waals surface area contributed by atoms with Crippen LogP contribution in [0.5, 0.6) is 5.75 Å². The maximum atomic E-state index is 14.2. The van der Waals surface area contributed by atoms with Crippen LogP contribution in [-0.2, 0) is 26.0 Å². The molecule has 1 unspecified atom stereocenters. The number of benzene rings is 3. The smallest absolute Gasteiger partial charge is 0.264 e. The quantitative estimate of drug-likeness (QED) is 0.219. The van der Waals surface area contributed by atoms with E-state index < -0.39 is 28.5 Å². The van der Waals surface area contributed by atoms with Gasteiger partial charge in [0.15, 0.2) is 0 Å². The lowest BCUT2D eigenvalue weighted by atomic mass is 10.1. The average Bonchev–Trinajstić information content (AvgIpc) is 3.01. The maximum Gasteiger partial charge on any atom is 0.264 e. The molecule has 0 aromatic heterocycles. The Kier molecular flexibility index (Phi) is 12.7. The van der Waals surface area contributed by atoms with Crippen molar-refractivity contribution >= 4 is 39.3 Å². The lowest BCUT2D eigenvalue weighted by Crippen LogP contribution is -2.53. The van der Waals surface area contributed by atoms with E-state index in [9.17, 15) is 18.0 Å². The van der Waals surface area contributed by atoms with Gasteiger partial charge in [-0.1, -0.05) is 56.3 Å². The third-order valence-corrected chi connectivity index (χ3v) is 9.30. The summed E-state index contributed by atoms with van der Waals surface area (Å²) in [5.74, 6) is -0.377. The molecule has 0 radical (unpaired) electrons. The van der Waals surface area contributed by atoms with Crippen molar-refractivity contribution in [2.45, 2.75) is 55.9 Å². The molecule has 8 nitrogen and oxygen atoms in total. The van der Waals surface area contributed by atoms with Crippen LogP contribution < -0.4 is 14.4 Å². The minimum atomic E-state index is -4.19. The van der Waals surface area contributed by atoms with E-state index in [4.69, 9.17) is 4.74 Å². The van der Waals surface area contributed by atoms with Crippen LogP contribution in [0, 0.1) is 0 Å². The predicted molar refractivity (Wildman–Crippen MR) is 170 cm³/mol. The molecule has 0 saturated heterocycles. The number of ether oxygens (including phenoxy) is 1. The van der Waals surface area contributed by atoms with Gasteiger partial charge in [-0.15, -0.1) is 11.8 Å². The van der Waals surface area contributed by atoms with Gasteiger partial charge in [0.1, 0.15) is 18.3 Å². The third kappa shape index (κ3) is 8.51. The molecule has 0 aliphatic rings. The zero-order chi connectivity index (χ0) is 30.5. The molecule has 0 saturated carbocycles. The highest BCUT2D eigenvalue weighted by Crippen LogP contribution is 2.33. The Balaban J connectivity index is 2.05. The van der Waals surface area contributed by atoms with E-state index in [1.807, 2.05) is 57.4 Å². The maximum absolute atomic E-state index is 14.2. The van der Waals surface area contributed by atoms with Gasteiger partial charge in [-0.2, -0.15) is 0 Å². The lowest BCUT2D eigenvalue weighted by Gasteiger charge is -2.33. The highest BCUT2D eigenvalue weighted by molar-refractivity contribution is 7.98. The molecule has 1 atom stereocenters. The SMILES string of the molecule is CCCNC(=O)C(CC)N(CCc1ccccc1)C(=O)CN(c1ccccc1OCC)S(=O)(=O)c1ccc(SC)cc1. The van der Waals surface area contributed by atoms with Gasteiger partial charge >= 0.3 is 0 Å². The van der Waals surface area contributed by atoms with Crippen molar-refractivity contribution in [3.8, 4) is 5.75 Å². The third-order valence-electron chi connectivity index (χ3n) is 6.78. The van der Waals surface area contributed by atoms with E-state index in [2.05, 4.69) is 5.32 Å². The van der Waals surface area contributed by atoms with Gasteiger partial charge in [0, 0.05) is 18.0 Å². The van der Waals surface area contributed by atoms with Crippen LogP contribution in [0.4, 0.5) is 5.69 Å². The second-order valence-electron chi connectivity index (χ2n) is 9.63. The number of sulfonamides is 1. The summed E-state index contributed by atoms with van der Waals surface area (Å²) in [4.78, 5) is 29.9. The second-order valence-corrected chi connectivity index (χ2v) is 12.4. The monoisotopic (exact) mass is 611 g/mol. The van der Waals surface area contributed by atoms with E-state index in [-0.39, 0.29) is 23.0 Å². The molecule has 2 amide bonds. The fourth-order valence-electron chi connectivity index (χ4n) is 4.59. The number of nitrogens with zero attached hydrogens (tertiary/aromatic N) is 2. The molecule has 3 aromatic rings. The topological polar surface area (TPSA) is 96.0 Å². The zero-order valence-electron chi connectivity index (χ0n) is 24.8. The van der Waals surface area contributed by atoms with E-state index >= 15 is 0 Å². The number of hydrogen-bond donors (Lipinski definition) is 1. The number of thioether (sulfide) groups is 1. The Hall–Kier alpha value is -3.50. The number of amides is 2. The van der Waals surface area contributed by atoms with Gasteiger partial charge in [0.05, 0.1) is 17.2 Å². The number of carbonyl (C=O) groups excluding carboxylic acids is 2. The Bertz CT molecular complexity index is 1400. The molecule has 0 bridgehead atoms. The number of rotatable bonds is 16. The van der Waals surface area contributed by atoms with Crippen molar-refractivity contribution in [2.75, 3.05) is 36.8 Å². The van der Waals surface area contributed by atoms with Crippen LogP contribution in [0.25, 0.3) is 0 Å². The first kappa shape index (κ1) is 33.0. The van der Waals surface area contributed by atoms with E-state index in [1.165, 1.54) is 16.7 Å². The molecule has 0 spiro atoms. The van der Waals surface area contributed by atoms with Crippen molar-refractivity contribution in [1.82, 2.24) is 10.2 Å². The van der Waals surface area contributed by atoms with Crippen molar-refractivity contribution in [2.24, 2.45) is 0 Å². The van der Waals surface area contributed by atoms with Crippen molar-refractivity contribution in [1.29, 1.82) is 0 Å². The van der Waals surface area contributed by atoms with Gasteiger partial charge in [0.2, 0.25) is 11.8 Å². The molecule has 3 aromatic carbocycles. The molecule has 0 heterocycles. The average molecular weight is 612 g/mol. The molecule has 226 valence electrons. The summed E-state index contributed by atoms with van der Waals surface area (Å²) in [7, 11) is -4.19. The standard InChI is InChI=1S/C32H41N3O5S2/c1-5-22-33-32(37)28(6-2)34(23-21-25-13-9-8-10-14-25)31(36)24-35(29-15-11-12-16-30(29)40-7-3)42(38,39)27-19-17-26(41-4)18-20-27/h8-20,28H,5-7,21-24H2,1-4H3,(H,33,37). The molecular weight excluding hydrogens is 571 g/mol. The molecule has 3 rings (SSSR count). The van der Waals surface area contributed by atoms with Crippen LogP contribution >= 0.6 is 11.8 Å². The first-order valence-corrected chi connectivity index (χ1v) is 16.9. The summed E-state index contributed by atoms with van der Waals surface area (Å²) in [6.07, 6.45) is 3.57. The second kappa shape index (κ2) is 16.2. The van der Waals surface area contributed by atoms with E-state index in [0.29, 0.717) is 31.7 Å². The highest BCUT2D eigenvalue weighted by atomic mass is 32.2. The van der Waals surface area contributed by atoms with Crippen LogP contribution in [0.3, 0.4) is 0 Å². The van der Waals surface area contributed by atoms with Crippen LogP contribution in [-0.4, -0.2) is 63.7 Å². The molecule has 42 heavy (non-hydrogen) atoms. The lowest BCUT2D eigenvalue weighted by molar-refractivity contribution is -0.139. The largest absolute Gasteiger partial charge is 0.492 e. The van der Waals surface area contributed by atoms with Crippen LogP contribution in [0.1, 0.15) is 39.2 Å². The zero-order valence-corrected chi connectivity index (χ0v) is 26.4. The fourth-order valence-corrected chi connectivity index (χ4v) is 6.42. The normalized spacial score (nSPS) is 11.9. The van der Waals surface area contributed by atoms with Crippen molar-refractivity contribution in [3.63, 3.8) is 0 Å². The summed E-state index contributed by atoms with van der Waals surface area (Å²) < 4.78 is 35.2. The Morgan fingerprint density at radius 1 is 0.929 bits per heavy atom. The fraction of sp³-hybridized carbons (Fsp3) is 0.375. The van der Waals surface area contributed by atoms with Crippen LogP contribution in [0.15, 0.2) is 88.7 Å². The minimum absolute atomic E-state index is 0.0583. The highest BCUT2D eigenvalue weighted by Gasteiger charge is 2.34. The molecule has 0 aliphatic heterocycles. The minimum Gasteiger partial charge on any atom is -0.492 e. The summed E-state index contributed by atoms with van der Waals surface area (Å²) in [6.45, 7) is 6.20. The van der Waals surface area contributed by atoms with Crippen molar-refractivity contribution < 1.29 is 22.7 Å². The van der Waals surface area contributed by atoms with E-state index in [1.54, 1.807) is 48.5 Å². The first-order chi connectivity index (χ1) is 20.3. The molecule has 1 N–H and O–H groups in total. The summed E-state index contributed by atoms with van der Waals surface area (Å²) in [6, 6.07) is 22.3. The number of nitrogens with one attached hydrogen (secondary N) is 1. The van der Waals surface area contributed by atoms with Crippen molar-refractivity contribution in [3.05, 3.63) is 84.4 Å². The number of hydrogen-bond acceptors (Lipinski definition) is 6. The number of carbonyl (C=O) groups is 2. The first-order valence-electron chi connectivity index (χ1n) is 14.3. The Morgan fingerprint density at radius 2 is 1.60 bits per heavy atom. The molecule has 0 fully saturated rings. The van der Waals surface area contributed by atoms with Crippen LogP contribution in [0.2, 0.25) is 0 Å². The van der Waals surface area contributed by atoms with Gasteiger partial charge < -0.3 is 15.0 Å². The van der Waals surface area contributed by atoms with E-state index in [0.717, 1.165) is 21.2 Å². The number of anilines is 1. The summed E-state index contributed by atoms with van der Waals surface area (Å²) >= 11 is 1.51. The molecular formula is C32H41N3O5S2. The summed E-state index contributed by atoms with van der Waals surface area (Å²) in [5, 5.41) is 2.91. The molecule has 10 heteroatoms.